The number of halogens is 1. The van der Waals surface area contributed by atoms with Gasteiger partial charge in [-0.1, -0.05) is 19.1 Å². The summed E-state index contributed by atoms with van der Waals surface area (Å²) >= 11 is 0. The van der Waals surface area contributed by atoms with Crippen LogP contribution in [-0.4, -0.2) is 38.2 Å². The molecule has 2 rings (SSSR count). The van der Waals surface area contributed by atoms with Gasteiger partial charge in [-0.05, 0) is 44.5 Å². The molecule has 1 aliphatic rings. The third kappa shape index (κ3) is 4.18. The van der Waals surface area contributed by atoms with E-state index in [1.165, 1.54) is 33.0 Å². The molecule has 0 spiro atoms. The van der Waals surface area contributed by atoms with E-state index in [-0.39, 0.29) is 5.82 Å². The molecule has 1 atom stereocenters. The number of hydrogen-bond acceptors (Lipinski definition) is 3. The first kappa shape index (κ1) is 15.3. The van der Waals surface area contributed by atoms with Crippen molar-refractivity contribution in [3.63, 3.8) is 0 Å². The Morgan fingerprint density at radius 3 is 2.80 bits per heavy atom. The largest absolute Gasteiger partial charge is 0.494 e. The minimum Gasteiger partial charge on any atom is -0.494 e. The van der Waals surface area contributed by atoms with Gasteiger partial charge in [-0.15, -0.1) is 0 Å². The Hall–Kier alpha value is -1.13. The van der Waals surface area contributed by atoms with Crippen molar-refractivity contribution in [1.82, 2.24) is 10.2 Å². The molecular weight excluding hydrogens is 255 g/mol. The van der Waals surface area contributed by atoms with Crippen molar-refractivity contribution < 1.29 is 9.13 Å². The van der Waals surface area contributed by atoms with Crippen molar-refractivity contribution in [3.8, 4) is 5.75 Å². The van der Waals surface area contributed by atoms with Crippen LogP contribution in [0.1, 0.15) is 25.3 Å². The summed E-state index contributed by atoms with van der Waals surface area (Å²) in [5, 5.41) is 3.35. The van der Waals surface area contributed by atoms with Crippen molar-refractivity contribution in [2.75, 3.05) is 33.3 Å². The summed E-state index contributed by atoms with van der Waals surface area (Å²) in [6, 6.07) is 5.28. The Kier molecular flexibility index (Phi) is 5.80. The molecule has 1 saturated heterocycles. The molecule has 0 amide bonds. The Morgan fingerprint density at radius 2 is 2.10 bits per heavy atom. The number of nitrogens with one attached hydrogen (secondary N) is 1. The van der Waals surface area contributed by atoms with Crippen LogP contribution in [0.3, 0.4) is 0 Å². The summed E-state index contributed by atoms with van der Waals surface area (Å²) in [6.07, 6.45) is 2.66. The predicted molar refractivity (Wildman–Crippen MR) is 79.5 cm³/mol. The summed E-state index contributed by atoms with van der Waals surface area (Å²) in [6.45, 7) is 7.30. The molecule has 0 radical (unpaired) electrons. The van der Waals surface area contributed by atoms with Crippen LogP contribution in [0.15, 0.2) is 18.2 Å². The quantitative estimate of drug-likeness (QED) is 0.831. The third-order valence-corrected chi connectivity index (χ3v) is 3.84. The molecule has 0 aromatic heterocycles. The van der Waals surface area contributed by atoms with Crippen molar-refractivity contribution in [1.29, 1.82) is 0 Å². The lowest BCUT2D eigenvalue weighted by Crippen LogP contribution is -2.31. The minimum atomic E-state index is -0.255. The third-order valence-electron chi connectivity index (χ3n) is 3.84. The SMILES string of the molecule is COc1cccc(CNCC(C)CN2CCCC2)c1F. The number of likely N-dealkylation sites (tertiary alicyclic amines) is 1. The monoisotopic (exact) mass is 280 g/mol. The fourth-order valence-corrected chi connectivity index (χ4v) is 2.77. The topological polar surface area (TPSA) is 24.5 Å². The molecule has 1 fully saturated rings. The van der Waals surface area contributed by atoms with Crippen LogP contribution in [0.4, 0.5) is 4.39 Å². The number of benzene rings is 1. The summed E-state index contributed by atoms with van der Waals surface area (Å²) in [5.74, 6) is 0.644. The Labute approximate surface area is 121 Å². The van der Waals surface area contributed by atoms with Crippen LogP contribution in [0.5, 0.6) is 5.75 Å². The van der Waals surface area contributed by atoms with E-state index in [9.17, 15) is 4.39 Å². The first-order chi connectivity index (χ1) is 9.70. The average molecular weight is 280 g/mol. The van der Waals surface area contributed by atoms with Gasteiger partial charge in [0.15, 0.2) is 11.6 Å². The molecule has 1 aromatic rings. The van der Waals surface area contributed by atoms with Gasteiger partial charge in [0.1, 0.15) is 0 Å². The van der Waals surface area contributed by atoms with E-state index in [0.29, 0.717) is 23.8 Å². The van der Waals surface area contributed by atoms with Crippen molar-refractivity contribution >= 4 is 0 Å². The number of nitrogens with zero attached hydrogens (tertiary/aromatic N) is 1. The maximum Gasteiger partial charge on any atom is 0.169 e. The Morgan fingerprint density at radius 1 is 1.35 bits per heavy atom. The summed E-state index contributed by atoms with van der Waals surface area (Å²) < 4.78 is 18.9. The summed E-state index contributed by atoms with van der Waals surface area (Å²) in [4.78, 5) is 2.51. The van der Waals surface area contributed by atoms with Crippen LogP contribution in [0.2, 0.25) is 0 Å². The van der Waals surface area contributed by atoms with E-state index in [2.05, 4.69) is 17.1 Å². The zero-order valence-electron chi connectivity index (χ0n) is 12.5. The minimum absolute atomic E-state index is 0.255. The van der Waals surface area contributed by atoms with Crippen LogP contribution in [0.25, 0.3) is 0 Å². The maximum absolute atomic E-state index is 14.0. The van der Waals surface area contributed by atoms with Gasteiger partial charge in [-0.2, -0.15) is 0 Å². The van der Waals surface area contributed by atoms with E-state index in [4.69, 9.17) is 4.74 Å². The molecule has 112 valence electrons. The smallest absolute Gasteiger partial charge is 0.169 e. The van der Waals surface area contributed by atoms with E-state index in [0.717, 1.165) is 13.1 Å². The first-order valence-corrected chi connectivity index (χ1v) is 7.45. The molecular formula is C16H25FN2O. The fourth-order valence-electron chi connectivity index (χ4n) is 2.77. The van der Waals surface area contributed by atoms with Crippen LogP contribution >= 0.6 is 0 Å². The fraction of sp³-hybridized carbons (Fsp3) is 0.625. The lowest BCUT2D eigenvalue weighted by molar-refractivity contribution is 0.282. The van der Waals surface area contributed by atoms with E-state index in [1.54, 1.807) is 12.1 Å². The van der Waals surface area contributed by atoms with Gasteiger partial charge >= 0.3 is 0 Å². The van der Waals surface area contributed by atoms with Crippen LogP contribution in [0, 0.1) is 11.7 Å². The molecule has 1 unspecified atom stereocenters. The molecule has 0 saturated carbocycles. The second-order valence-corrected chi connectivity index (χ2v) is 5.68. The van der Waals surface area contributed by atoms with E-state index < -0.39 is 0 Å². The van der Waals surface area contributed by atoms with Gasteiger partial charge in [0.25, 0.3) is 0 Å². The second kappa shape index (κ2) is 7.60. The molecule has 4 heteroatoms. The molecule has 20 heavy (non-hydrogen) atoms. The van der Waals surface area contributed by atoms with Gasteiger partial charge < -0.3 is 15.0 Å². The molecule has 3 nitrogen and oxygen atoms in total. The van der Waals surface area contributed by atoms with Crippen molar-refractivity contribution in [3.05, 3.63) is 29.6 Å². The number of rotatable bonds is 7. The van der Waals surface area contributed by atoms with Gasteiger partial charge in [0, 0.05) is 18.7 Å². The van der Waals surface area contributed by atoms with Gasteiger partial charge in [-0.25, -0.2) is 4.39 Å². The molecule has 1 aliphatic heterocycles. The highest BCUT2D eigenvalue weighted by Gasteiger charge is 2.14. The van der Waals surface area contributed by atoms with Crippen molar-refractivity contribution in [2.45, 2.75) is 26.3 Å². The van der Waals surface area contributed by atoms with E-state index in [1.807, 2.05) is 6.07 Å². The van der Waals surface area contributed by atoms with Gasteiger partial charge in [-0.3, -0.25) is 0 Å². The lowest BCUT2D eigenvalue weighted by atomic mass is 10.1. The highest BCUT2D eigenvalue weighted by atomic mass is 19.1. The zero-order valence-corrected chi connectivity index (χ0v) is 12.5. The van der Waals surface area contributed by atoms with Gasteiger partial charge in [0.05, 0.1) is 7.11 Å². The standard InChI is InChI=1S/C16H25FN2O/c1-13(12-19-8-3-4-9-19)10-18-11-14-6-5-7-15(20-2)16(14)17/h5-7,13,18H,3-4,8-12H2,1-2H3. The lowest BCUT2D eigenvalue weighted by Gasteiger charge is -2.20. The van der Waals surface area contributed by atoms with Crippen LogP contribution < -0.4 is 10.1 Å². The highest BCUT2D eigenvalue weighted by molar-refractivity contribution is 5.30. The van der Waals surface area contributed by atoms with Crippen molar-refractivity contribution in [2.24, 2.45) is 5.92 Å². The normalized spacial score (nSPS) is 17.4. The van der Waals surface area contributed by atoms with Crippen LogP contribution in [-0.2, 0) is 6.54 Å². The summed E-state index contributed by atoms with van der Waals surface area (Å²) in [5.41, 5.74) is 0.665. The molecule has 0 aliphatic carbocycles. The van der Waals surface area contributed by atoms with Gasteiger partial charge in [0.2, 0.25) is 0 Å². The highest BCUT2D eigenvalue weighted by Crippen LogP contribution is 2.19. The van der Waals surface area contributed by atoms with E-state index >= 15 is 0 Å². The number of ether oxygens (including phenoxy) is 1. The summed E-state index contributed by atoms with van der Waals surface area (Å²) in [7, 11) is 1.49. The molecule has 1 heterocycles. The first-order valence-electron chi connectivity index (χ1n) is 7.45. The molecule has 0 bridgehead atoms. The molecule has 1 N–H and O–H groups in total. The zero-order chi connectivity index (χ0) is 14.4. The molecule has 1 aromatic carbocycles. The number of hydrogen-bond donors (Lipinski definition) is 1. The Balaban J connectivity index is 1.74. The Bertz CT molecular complexity index is 419. The second-order valence-electron chi connectivity index (χ2n) is 5.68. The predicted octanol–water partition coefficient (Wildman–Crippen LogP) is 2.66. The average Bonchev–Trinajstić information content (AvgIpc) is 2.93. The maximum atomic E-state index is 14.0. The number of methoxy groups -OCH3 is 1.